The lowest BCUT2D eigenvalue weighted by Crippen LogP contribution is -2.63. The van der Waals surface area contributed by atoms with Crippen LogP contribution < -0.4 is 11.3 Å². The molecule has 3 N–H and O–H groups in total. The zero-order valence-corrected chi connectivity index (χ0v) is 17.4. The zero-order chi connectivity index (χ0) is 19.8. The number of allylic oxidation sites excluding steroid dienone is 2. The molecule has 148 valence electrons. The molecular weight excluding hydrogens is 348 g/mol. The number of hydrogen-bond acceptors (Lipinski definition) is 5. The standard InChI is InChI=1S/C22H30N6/c1-6-15-13(2)9-10-21(4)12-27-16-7-8-19-25-24-14(3)28(19)17(16)11-18(27)22(5,26-23)20(15)21/h7-11,13,16-17,26H,6,12,23H2,1-5H3. The molecule has 0 spiro atoms. The molecule has 1 aromatic heterocycles. The summed E-state index contributed by atoms with van der Waals surface area (Å²) in [6.07, 6.45) is 12.6. The van der Waals surface area contributed by atoms with E-state index in [1.165, 1.54) is 16.8 Å². The zero-order valence-electron chi connectivity index (χ0n) is 17.4. The van der Waals surface area contributed by atoms with E-state index in [4.69, 9.17) is 5.84 Å². The van der Waals surface area contributed by atoms with Crippen LogP contribution in [0.1, 0.15) is 51.8 Å². The average molecular weight is 379 g/mol. The van der Waals surface area contributed by atoms with E-state index in [2.05, 4.69) is 83.2 Å². The Labute approximate surface area is 166 Å². The molecule has 5 rings (SSSR count). The molecule has 0 saturated carbocycles. The van der Waals surface area contributed by atoms with Gasteiger partial charge in [-0.15, -0.1) is 10.2 Å². The summed E-state index contributed by atoms with van der Waals surface area (Å²) in [7, 11) is 0. The molecule has 1 aromatic rings. The lowest BCUT2D eigenvalue weighted by Gasteiger charge is -2.55. The van der Waals surface area contributed by atoms with Gasteiger partial charge in [0.2, 0.25) is 0 Å². The van der Waals surface area contributed by atoms with Gasteiger partial charge in [0.1, 0.15) is 5.82 Å². The van der Waals surface area contributed by atoms with Gasteiger partial charge in [-0.2, -0.15) is 0 Å². The van der Waals surface area contributed by atoms with Gasteiger partial charge in [0.25, 0.3) is 0 Å². The molecule has 1 saturated heterocycles. The van der Waals surface area contributed by atoms with E-state index in [1.54, 1.807) is 0 Å². The first-order valence-electron chi connectivity index (χ1n) is 10.3. The largest absolute Gasteiger partial charge is 0.363 e. The van der Waals surface area contributed by atoms with E-state index in [9.17, 15) is 0 Å². The Morgan fingerprint density at radius 1 is 1.25 bits per heavy atom. The molecule has 0 amide bonds. The molecule has 4 heterocycles. The molecule has 0 radical (unpaired) electrons. The van der Waals surface area contributed by atoms with Crippen molar-refractivity contribution in [1.29, 1.82) is 0 Å². The minimum atomic E-state index is -0.398. The Morgan fingerprint density at radius 3 is 2.75 bits per heavy atom. The summed E-state index contributed by atoms with van der Waals surface area (Å²) in [5.74, 6) is 8.63. The van der Waals surface area contributed by atoms with Gasteiger partial charge in [-0.1, -0.05) is 44.6 Å². The van der Waals surface area contributed by atoms with Gasteiger partial charge >= 0.3 is 0 Å². The van der Waals surface area contributed by atoms with Crippen LogP contribution in [0.4, 0.5) is 0 Å². The number of aryl methyl sites for hydroxylation is 1. The van der Waals surface area contributed by atoms with Crippen molar-refractivity contribution in [3.05, 3.63) is 52.8 Å². The van der Waals surface area contributed by atoms with Gasteiger partial charge in [-0.05, 0) is 43.9 Å². The maximum Gasteiger partial charge on any atom is 0.157 e. The molecule has 1 aliphatic carbocycles. The van der Waals surface area contributed by atoms with Crippen LogP contribution in [-0.4, -0.2) is 37.8 Å². The highest BCUT2D eigenvalue weighted by molar-refractivity contribution is 5.55. The predicted octanol–water partition coefficient (Wildman–Crippen LogP) is 2.88. The lowest BCUT2D eigenvalue weighted by atomic mass is 9.61. The fraction of sp³-hybridized carbons (Fsp3) is 0.545. The molecule has 0 bridgehead atoms. The van der Waals surface area contributed by atoms with Crippen molar-refractivity contribution < 1.29 is 0 Å². The quantitative estimate of drug-likeness (QED) is 0.470. The summed E-state index contributed by atoms with van der Waals surface area (Å²) in [5, 5.41) is 8.64. The van der Waals surface area contributed by atoms with E-state index >= 15 is 0 Å². The first kappa shape index (κ1) is 17.9. The molecule has 1 fully saturated rings. The van der Waals surface area contributed by atoms with Crippen molar-refractivity contribution in [2.24, 2.45) is 17.2 Å². The molecule has 6 nitrogen and oxygen atoms in total. The van der Waals surface area contributed by atoms with Crippen molar-refractivity contribution in [2.45, 2.75) is 58.7 Å². The van der Waals surface area contributed by atoms with E-state index < -0.39 is 5.54 Å². The summed E-state index contributed by atoms with van der Waals surface area (Å²) in [6.45, 7) is 12.2. The van der Waals surface area contributed by atoms with Gasteiger partial charge < -0.3 is 9.47 Å². The number of hydrogen-bond donors (Lipinski definition) is 2. The second kappa shape index (κ2) is 5.67. The van der Waals surface area contributed by atoms with Crippen LogP contribution in [0.2, 0.25) is 0 Å². The molecule has 5 atom stereocenters. The monoisotopic (exact) mass is 378 g/mol. The Hall–Kier alpha value is -2.18. The van der Waals surface area contributed by atoms with Crippen LogP contribution in [0.25, 0.3) is 6.08 Å². The second-order valence-corrected chi connectivity index (χ2v) is 9.08. The van der Waals surface area contributed by atoms with Gasteiger partial charge in [0.15, 0.2) is 5.82 Å². The highest BCUT2D eigenvalue weighted by atomic mass is 15.4. The van der Waals surface area contributed by atoms with E-state index in [0.29, 0.717) is 5.92 Å². The number of hydrazine groups is 1. The van der Waals surface area contributed by atoms with Crippen LogP contribution in [0.15, 0.2) is 41.1 Å². The third kappa shape index (κ3) is 2.05. The van der Waals surface area contributed by atoms with Crippen LogP contribution in [-0.2, 0) is 0 Å². The molecular formula is C22H30N6. The van der Waals surface area contributed by atoms with Gasteiger partial charge in [-0.25, -0.2) is 5.43 Å². The second-order valence-electron chi connectivity index (χ2n) is 9.08. The third-order valence-corrected chi connectivity index (χ3v) is 7.36. The summed E-state index contributed by atoms with van der Waals surface area (Å²) in [5.41, 5.74) is 7.03. The highest BCUT2D eigenvalue weighted by Gasteiger charge is 2.56. The maximum absolute atomic E-state index is 6.29. The van der Waals surface area contributed by atoms with Crippen LogP contribution in [0.3, 0.4) is 0 Å². The summed E-state index contributed by atoms with van der Waals surface area (Å²) >= 11 is 0. The topological polar surface area (TPSA) is 72.0 Å². The first-order valence-corrected chi connectivity index (χ1v) is 10.3. The van der Waals surface area contributed by atoms with Crippen molar-refractivity contribution in [3.63, 3.8) is 0 Å². The predicted molar refractivity (Wildman–Crippen MR) is 111 cm³/mol. The average Bonchev–Trinajstić information content (AvgIpc) is 3.24. The Bertz CT molecular complexity index is 966. The van der Waals surface area contributed by atoms with Crippen molar-refractivity contribution in [3.8, 4) is 0 Å². The Morgan fingerprint density at radius 2 is 2.04 bits per heavy atom. The molecule has 28 heavy (non-hydrogen) atoms. The Kier molecular flexibility index (Phi) is 3.62. The fourth-order valence-electron chi connectivity index (χ4n) is 6.14. The smallest absolute Gasteiger partial charge is 0.157 e. The molecule has 0 aromatic carbocycles. The number of nitrogens with one attached hydrogen (secondary N) is 1. The van der Waals surface area contributed by atoms with Gasteiger partial charge in [-0.3, -0.25) is 5.84 Å². The number of fused-ring (bicyclic) bond motifs is 6. The SMILES string of the molecule is CCC1=C2C(C)(C=CC1C)CN1C(=CC3C1C=Cc1nnc(C)n13)C2(C)NN. The fourth-order valence-corrected chi connectivity index (χ4v) is 6.14. The number of aromatic nitrogens is 3. The molecule has 6 heteroatoms. The Balaban J connectivity index is 1.72. The molecule has 4 aliphatic rings. The van der Waals surface area contributed by atoms with E-state index in [0.717, 1.165) is 24.6 Å². The minimum absolute atomic E-state index is 0.0401. The van der Waals surface area contributed by atoms with Crippen molar-refractivity contribution in [1.82, 2.24) is 25.1 Å². The molecule has 5 unspecified atom stereocenters. The van der Waals surface area contributed by atoms with Crippen LogP contribution in [0, 0.1) is 18.3 Å². The summed E-state index contributed by atoms with van der Waals surface area (Å²) in [6, 6.07) is 0.467. The van der Waals surface area contributed by atoms with E-state index in [1.807, 2.05) is 6.92 Å². The summed E-state index contributed by atoms with van der Waals surface area (Å²) in [4.78, 5) is 2.54. The minimum Gasteiger partial charge on any atom is -0.363 e. The number of rotatable bonds is 2. The highest BCUT2D eigenvalue weighted by Crippen LogP contribution is 2.55. The lowest BCUT2D eigenvalue weighted by molar-refractivity contribution is 0.147. The number of nitrogens with two attached hydrogens (primary N) is 1. The van der Waals surface area contributed by atoms with Gasteiger partial charge in [0, 0.05) is 17.7 Å². The van der Waals surface area contributed by atoms with Crippen molar-refractivity contribution >= 4 is 6.08 Å². The van der Waals surface area contributed by atoms with Crippen LogP contribution in [0.5, 0.6) is 0 Å². The van der Waals surface area contributed by atoms with Crippen molar-refractivity contribution in [2.75, 3.05) is 6.54 Å². The van der Waals surface area contributed by atoms with Gasteiger partial charge in [0.05, 0.1) is 17.6 Å². The first-order chi connectivity index (χ1) is 13.3. The number of nitrogens with zero attached hydrogens (tertiary/aromatic N) is 4. The third-order valence-electron chi connectivity index (χ3n) is 7.36. The summed E-state index contributed by atoms with van der Waals surface area (Å²) < 4.78 is 2.26. The normalized spacial score (nSPS) is 38.1. The molecule has 3 aliphatic heterocycles. The number of piperidine rings is 1. The van der Waals surface area contributed by atoms with Crippen LogP contribution >= 0.6 is 0 Å². The maximum atomic E-state index is 6.29. The van der Waals surface area contributed by atoms with E-state index in [-0.39, 0.29) is 17.5 Å².